The van der Waals surface area contributed by atoms with Gasteiger partial charge in [0.25, 0.3) is 0 Å². The number of para-hydroxylation sites is 1. The molecule has 2 amide bonds. The van der Waals surface area contributed by atoms with Crippen molar-refractivity contribution in [1.29, 1.82) is 0 Å². The van der Waals surface area contributed by atoms with Crippen molar-refractivity contribution in [3.8, 4) is 17.2 Å². The van der Waals surface area contributed by atoms with E-state index in [1.165, 1.54) is 14.2 Å². The van der Waals surface area contributed by atoms with Gasteiger partial charge in [-0.3, -0.25) is 0 Å². The van der Waals surface area contributed by atoms with Gasteiger partial charge in [-0.2, -0.15) is 0 Å². The van der Waals surface area contributed by atoms with Crippen molar-refractivity contribution in [2.45, 2.75) is 20.4 Å². The van der Waals surface area contributed by atoms with Crippen molar-refractivity contribution in [3.63, 3.8) is 0 Å². The van der Waals surface area contributed by atoms with E-state index in [2.05, 4.69) is 33.4 Å². The summed E-state index contributed by atoms with van der Waals surface area (Å²) < 4.78 is 12.7. The van der Waals surface area contributed by atoms with Gasteiger partial charge in [-0.15, -0.1) is 0 Å². The van der Waals surface area contributed by atoms with Crippen LogP contribution in [0.3, 0.4) is 0 Å². The van der Waals surface area contributed by atoms with E-state index in [4.69, 9.17) is 21.1 Å². The van der Waals surface area contributed by atoms with Crippen molar-refractivity contribution < 1.29 is 14.3 Å². The number of benzene rings is 2. The Morgan fingerprint density at radius 2 is 1.72 bits per heavy atom. The molecule has 0 aliphatic carbocycles. The molecule has 0 spiro atoms. The minimum Gasteiger partial charge on any atom is -0.495 e. The summed E-state index contributed by atoms with van der Waals surface area (Å²) in [7, 11) is 3.04. The van der Waals surface area contributed by atoms with Crippen LogP contribution in [0.15, 0.2) is 48.5 Å². The summed E-state index contributed by atoms with van der Waals surface area (Å²) in [6.07, 6.45) is 0. The number of carbonyl (C=O) groups excluding carboxylic acids is 1. The molecule has 3 rings (SSSR count). The van der Waals surface area contributed by atoms with Crippen LogP contribution in [0.25, 0.3) is 5.69 Å². The Hall–Kier alpha value is -3.12. The van der Waals surface area contributed by atoms with E-state index >= 15 is 0 Å². The summed E-state index contributed by atoms with van der Waals surface area (Å²) in [6, 6.07) is 15.1. The fourth-order valence-corrected chi connectivity index (χ4v) is 3.52. The van der Waals surface area contributed by atoms with E-state index in [1.54, 1.807) is 12.1 Å². The summed E-state index contributed by atoms with van der Waals surface area (Å²) >= 11 is 6.16. The first kappa shape index (κ1) is 20.6. The molecule has 2 aromatic carbocycles. The van der Waals surface area contributed by atoms with Crippen LogP contribution in [-0.2, 0) is 6.54 Å². The lowest BCUT2D eigenvalue weighted by molar-refractivity contribution is 0.251. The molecule has 0 aliphatic heterocycles. The Morgan fingerprint density at radius 1 is 1.03 bits per heavy atom. The average Bonchev–Trinajstić information content (AvgIpc) is 3.00. The molecule has 3 aromatic rings. The molecule has 1 aromatic heterocycles. The molecule has 0 saturated heterocycles. The smallest absolute Gasteiger partial charge is 0.319 e. The van der Waals surface area contributed by atoms with Crippen molar-refractivity contribution in [1.82, 2.24) is 9.88 Å². The summed E-state index contributed by atoms with van der Waals surface area (Å²) in [5, 5.41) is 6.05. The predicted molar refractivity (Wildman–Crippen MR) is 116 cm³/mol. The molecule has 0 fully saturated rings. The Balaban J connectivity index is 1.72. The Bertz CT molecular complexity index is 1020. The molecule has 7 heteroatoms. The average molecular weight is 414 g/mol. The first-order chi connectivity index (χ1) is 13.9. The minimum atomic E-state index is -0.353. The van der Waals surface area contributed by atoms with Crippen molar-refractivity contribution in [2.24, 2.45) is 0 Å². The number of hydrogen-bond donors (Lipinski definition) is 2. The molecule has 2 N–H and O–H groups in total. The zero-order chi connectivity index (χ0) is 21.0. The first-order valence-electron chi connectivity index (χ1n) is 9.14. The van der Waals surface area contributed by atoms with Crippen LogP contribution in [-0.4, -0.2) is 24.8 Å². The number of urea groups is 1. The van der Waals surface area contributed by atoms with Gasteiger partial charge in [0, 0.05) is 29.7 Å². The highest BCUT2D eigenvalue weighted by molar-refractivity contribution is 6.32. The van der Waals surface area contributed by atoms with Crippen LogP contribution < -0.4 is 20.1 Å². The number of nitrogens with zero attached hydrogens (tertiary/aromatic N) is 1. The van der Waals surface area contributed by atoms with Gasteiger partial charge in [0.15, 0.2) is 0 Å². The van der Waals surface area contributed by atoms with Crippen LogP contribution >= 0.6 is 11.6 Å². The van der Waals surface area contributed by atoms with Crippen molar-refractivity contribution in [2.75, 3.05) is 19.5 Å². The highest BCUT2D eigenvalue weighted by Gasteiger charge is 2.14. The highest BCUT2D eigenvalue weighted by Crippen LogP contribution is 2.35. The number of anilines is 1. The number of halogens is 1. The van der Waals surface area contributed by atoms with Crippen LogP contribution in [0.1, 0.15) is 17.0 Å². The second-order valence-corrected chi connectivity index (χ2v) is 6.97. The van der Waals surface area contributed by atoms with Gasteiger partial charge in [-0.05, 0) is 43.7 Å². The molecular weight excluding hydrogens is 390 g/mol. The second-order valence-electron chi connectivity index (χ2n) is 6.56. The molecule has 1 heterocycles. The molecule has 6 nitrogen and oxygen atoms in total. The number of rotatable bonds is 6. The van der Waals surface area contributed by atoms with Gasteiger partial charge in [0.1, 0.15) is 11.5 Å². The van der Waals surface area contributed by atoms with E-state index in [9.17, 15) is 4.79 Å². The van der Waals surface area contributed by atoms with Gasteiger partial charge in [0.2, 0.25) is 0 Å². The largest absolute Gasteiger partial charge is 0.495 e. The van der Waals surface area contributed by atoms with E-state index in [-0.39, 0.29) is 6.03 Å². The normalized spacial score (nSPS) is 10.5. The maximum absolute atomic E-state index is 12.4. The third kappa shape index (κ3) is 4.49. The lowest BCUT2D eigenvalue weighted by Crippen LogP contribution is -2.28. The van der Waals surface area contributed by atoms with Crippen LogP contribution in [0, 0.1) is 13.8 Å². The fourth-order valence-electron chi connectivity index (χ4n) is 3.28. The highest BCUT2D eigenvalue weighted by atomic mass is 35.5. The SMILES string of the molecule is COc1cc(OC)c(NC(=O)NCc2cc(C)n(-c3ccccc3)c2C)cc1Cl. The minimum absolute atomic E-state index is 0.353. The fraction of sp³-hybridized carbons (Fsp3) is 0.227. The van der Waals surface area contributed by atoms with E-state index in [1.807, 2.05) is 32.0 Å². The maximum Gasteiger partial charge on any atom is 0.319 e. The number of hydrogen-bond acceptors (Lipinski definition) is 3. The van der Waals surface area contributed by atoms with Crippen LogP contribution in [0.4, 0.5) is 10.5 Å². The molecule has 0 aliphatic rings. The number of amides is 2. The van der Waals surface area contributed by atoms with Gasteiger partial charge < -0.3 is 24.7 Å². The van der Waals surface area contributed by atoms with E-state index < -0.39 is 0 Å². The zero-order valence-electron chi connectivity index (χ0n) is 16.9. The third-order valence-electron chi connectivity index (χ3n) is 4.71. The summed E-state index contributed by atoms with van der Waals surface area (Å²) in [4.78, 5) is 12.4. The van der Waals surface area contributed by atoms with Crippen LogP contribution in [0.2, 0.25) is 5.02 Å². The number of carbonyl (C=O) groups is 1. The lowest BCUT2D eigenvalue weighted by atomic mass is 10.2. The Labute approximate surface area is 175 Å². The first-order valence-corrected chi connectivity index (χ1v) is 9.52. The summed E-state index contributed by atoms with van der Waals surface area (Å²) in [5.41, 5.74) is 4.79. The number of aromatic nitrogens is 1. The molecule has 0 radical (unpaired) electrons. The molecule has 0 bridgehead atoms. The van der Waals surface area contributed by atoms with E-state index in [0.717, 1.165) is 22.6 Å². The third-order valence-corrected chi connectivity index (χ3v) is 5.01. The van der Waals surface area contributed by atoms with Crippen molar-refractivity contribution >= 4 is 23.3 Å². The Morgan fingerprint density at radius 3 is 2.38 bits per heavy atom. The number of ether oxygens (including phenoxy) is 2. The Kier molecular flexibility index (Phi) is 6.34. The zero-order valence-corrected chi connectivity index (χ0v) is 17.6. The van der Waals surface area contributed by atoms with Gasteiger partial charge in [-0.25, -0.2) is 4.79 Å². The summed E-state index contributed by atoms with van der Waals surface area (Å²) in [5.74, 6) is 0.937. The van der Waals surface area contributed by atoms with Crippen LogP contribution in [0.5, 0.6) is 11.5 Å². The lowest BCUT2D eigenvalue weighted by Gasteiger charge is -2.14. The van der Waals surface area contributed by atoms with Gasteiger partial charge in [0.05, 0.1) is 24.9 Å². The second kappa shape index (κ2) is 8.92. The van der Waals surface area contributed by atoms with Gasteiger partial charge >= 0.3 is 6.03 Å². The molecular formula is C22H24ClN3O3. The standard InChI is InChI=1S/C22H24ClN3O3/c1-14-10-16(15(2)26(14)17-8-6-5-7-9-17)13-24-22(27)25-19-11-18(23)20(28-3)12-21(19)29-4/h5-12H,13H2,1-4H3,(H2,24,25,27). The molecule has 0 unspecified atom stereocenters. The maximum atomic E-state index is 12.4. The number of aryl methyl sites for hydroxylation is 1. The molecule has 29 heavy (non-hydrogen) atoms. The number of methoxy groups -OCH3 is 2. The molecule has 0 atom stereocenters. The van der Waals surface area contributed by atoms with Gasteiger partial charge in [-0.1, -0.05) is 29.8 Å². The predicted octanol–water partition coefficient (Wildman–Crippen LogP) is 5.09. The quantitative estimate of drug-likeness (QED) is 0.591. The summed E-state index contributed by atoms with van der Waals surface area (Å²) in [6.45, 7) is 4.49. The van der Waals surface area contributed by atoms with E-state index in [0.29, 0.717) is 28.8 Å². The molecule has 0 saturated carbocycles. The number of nitrogens with one attached hydrogen (secondary N) is 2. The monoisotopic (exact) mass is 413 g/mol. The van der Waals surface area contributed by atoms with Crippen molar-refractivity contribution in [3.05, 3.63) is 70.5 Å². The molecule has 152 valence electrons. The topological polar surface area (TPSA) is 64.5 Å².